The van der Waals surface area contributed by atoms with Crippen molar-refractivity contribution in [2.75, 3.05) is 26.3 Å². The number of nitrogens with zero attached hydrogens (tertiary/aromatic N) is 2. The summed E-state index contributed by atoms with van der Waals surface area (Å²) in [6, 6.07) is 13.2. The largest absolute Gasteiger partial charge is 0.493 e. The summed E-state index contributed by atoms with van der Waals surface area (Å²) in [5.41, 5.74) is 2.93. The van der Waals surface area contributed by atoms with E-state index in [4.69, 9.17) is 18.9 Å². The average molecular weight is 576 g/mol. The van der Waals surface area contributed by atoms with Crippen molar-refractivity contribution in [3.8, 4) is 29.2 Å². The van der Waals surface area contributed by atoms with E-state index < -0.39 is 11.5 Å². The second-order valence-corrected chi connectivity index (χ2v) is 10.9. The van der Waals surface area contributed by atoms with E-state index in [2.05, 4.69) is 16.8 Å². The fourth-order valence-electron chi connectivity index (χ4n) is 4.98. The number of carbonyl (C=O) groups is 1. The maximum absolute atomic E-state index is 12.4. The van der Waals surface area contributed by atoms with E-state index in [0.29, 0.717) is 45.0 Å². The highest BCUT2D eigenvalue weighted by Gasteiger charge is 2.33. The number of ether oxygens (including phenoxy) is 4. The fraction of sp³-hybridized carbons (Fsp3) is 0.438. The van der Waals surface area contributed by atoms with Gasteiger partial charge >= 0.3 is 11.8 Å². The van der Waals surface area contributed by atoms with Gasteiger partial charge < -0.3 is 29.0 Å². The molecule has 1 fully saturated rings. The van der Waals surface area contributed by atoms with E-state index >= 15 is 0 Å². The summed E-state index contributed by atoms with van der Waals surface area (Å²) >= 11 is 0. The molecular formula is C32H37N3O7. The lowest BCUT2D eigenvalue weighted by Gasteiger charge is -2.32. The van der Waals surface area contributed by atoms with Crippen LogP contribution in [-0.4, -0.2) is 57.7 Å². The summed E-state index contributed by atoms with van der Waals surface area (Å²) in [5.74, 6) is 6.18. The predicted molar refractivity (Wildman–Crippen MR) is 156 cm³/mol. The second-order valence-electron chi connectivity index (χ2n) is 10.9. The molecule has 0 aliphatic carbocycles. The molecule has 2 aliphatic heterocycles. The number of unbranched alkanes of at least 4 members (excludes halogenated alkanes) is 3. The number of fused-ring (bicyclic) bond motifs is 1. The lowest BCUT2D eigenvalue weighted by atomic mass is 10.0. The molecule has 42 heavy (non-hydrogen) atoms. The molecule has 3 aromatic rings. The molecule has 222 valence electrons. The predicted octanol–water partition coefficient (Wildman–Crippen LogP) is 5.03. The molecule has 1 aromatic heterocycles. The van der Waals surface area contributed by atoms with Crippen molar-refractivity contribution >= 4 is 6.09 Å². The third kappa shape index (κ3) is 7.55. The number of aromatic hydroxyl groups is 1. The Morgan fingerprint density at radius 2 is 1.95 bits per heavy atom. The SMILES string of the molecule is CC1(C)OCc2cc(C3CN(CCCCCCOCCC#Cc4cccc(-n5cc(O)[nH]c5=O)c4)C(=O)O3)ccc2O1. The van der Waals surface area contributed by atoms with Crippen LogP contribution >= 0.6 is 0 Å². The Labute approximate surface area is 245 Å². The molecule has 1 unspecified atom stereocenters. The monoisotopic (exact) mass is 575 g/mol. The molecule has 0 saturated carbocycles. The normalized spacial score (nSPS) is 17.2. The first kappa shape index (κ1) is 29.3. The Balaban J connectivity index is 0.941. The average Bonchev–Trinajstić information content (AvgIpc) is 3.51. The number of aromatic nitrogens is 2. The van der Waals surface area contributed by atoms with Gasteiger partial charge in [0.15, 0.2) is 0 Å². The molecule has 0 bridgehead atoms. The van der Waals surface area contributed by atoms with Gasteiger partial charge in [0.25, 0.3) is 0 Å². The van der Waals surface area contributed by atoms with Crippen molar-refractivity contribution in [1.82, 2.24) is 14.5 Å². The second kappa shape index (κ2) is 13.2. The van der Waals surface area contributed by atoms with Gasteiger partial charge in [0.05, 0.1) is 31.6 Å². The quantitative estimate of drug-likeness (QED) is 0.243. The highest BCUT2D eigenvalue weighted by molar-refractivity contribution is 5.70. The molecule has 1 saturated heterocycles. The molecule has 3 heterocycles. The van der Waals surface area contributed by atoms with Gasteiger partial charge in [-0.05, 0) is 48.7 Å². The molecule has 0 spiro atoms. The molecular weight excluding hydrogens is 538 g/mol. The highest BCUT2D eigenvalue weighted by atomic mass is 16.7. The first-order chi connectivity index (χ1) is 20.3. The smallest absolute Gasteiger partial charge is 0.410 e. The van der Waals surface area contributed by atoms with E-state index in [1.54, 1.807) is 17.0 Å². The Morgan fingerprint density at radius 1 is 1.10 bits per heavy atom. The van der Waals surface area contributed by atoms with Crippen LogP contribution in [0.3, 0.4) is 0 Å². The van der Waals surface area contributed by atoms with Crippen LogP contribution in [-0.2, 0) is 20.8 Å². The van der Waals surface area contributed by atoms with Gasteiger partial charge in [0.1, 0.15) is 11.9 Å². The summed E-state index contributed by atoms with van der Waals surface area (Å²) < 4.78 is 24.3. The lowest BCUT2D eigenvalue weighted by Crippen LogP contribution is -2.35. The van der Waals surface area contributed by atoms with Crippen LogP contribution in [0.25, 0.3) is 5.69 Å². The Hall–Kier alpha value is -4.20. The number of hydrogen-bond donors (Lipinski definition) is 2. The molecule has 0 radical (unpaired) electrons. The van der Waals surface area contributed by atoms with Crippen LogP contribution in [0.2, 0.25) is 0 Å². The maximum Gasteiger partial charge on any atom is 0.410 e. The summed E-state index contributed by atoms with van der Waals surface area (Å²) in [7, 11) is 0. The van der Waals surface area contributed by atoms with Crippen LogP contribution in [0.5, 0.6) is 11.6 Å². The van der Waals surface area contributed by atoms with Gasteiger partial charge in [0.2, 0.25) is 11.7 Å². The summed E-state index contributed by atoms with van der Waals surface area (Å²) in [5, 5.41) is 9.46. The number of H-pyrrole nitrogens is 1. The molecule has 10 heteroatoms. The van der Waals surface area contributed by atoms with Crippen LogP contribution in [0.4, 0.5) is 4.79 Å². The Kier molecular flexibility index (Phi) is 9.20. The molecule has 5 rings (SSSR count). The van der Waals surface area contributed by atoms with E-state index in [-0.39, 0.29) is 18.1 Å². The van der Waals surface area contributed by atoms with Crippen molar-refractivity contribution in [2.45, 2.75) is 64.4 Å². The van der Waals surface area contributed by atoms with Crippen LogP contribution in [0, 0.1) is 11.8 Å². The van der Waals surface area contributed by atoms with Gasteiger partial charge in [-0.1, -0.05) is 36.8 Å². The van der Waals surface area contributed by atoms with Crippen LogP contribution in [0.15, 0.2) is 53.5 Å². The van der Waals surface area contributed by atoms with Gasteiger partial charge in [-0.25, -0.2) is 9.59 Å². The number of benzene rings is 2. The van der Waals surface area contributed by atoms with E-state index in [9.17, 15) is 14.7 Å². The molecule has 1 amide bonds. The number of imidazole rings is 1. The van der Waals surface area contributed by atoms with E-state index in [0.717, 1.165) is 48.1 Å². The third-order valence-corrected chi connectivity index (χ3v) is 7.18. The number of rotatable bonds is 11. The highest BCUT2D eigenvalue weighted by Crippen LogP contribution is 2.35. The zero-order chi connectivity index (χ0) is 29.5. The minimum atomic E-state index is -0.637. The summed E-state index contributed by atoms with van der Waals surface area (Å²) in [6.45, 7) is 6.70. The maximum atomic E-state index is 12.4. The number of amides is 1. The standard InChI is InChI=1S/C32H37N3O7/c1-32(2)40-22-25-19-24(13-14-27(25)42-32)28-20-34(31(38)41-28)15-6-3-4-7-16-39-17-8-5-10-23-11-9-12-26(18-23)35-21-29(36)33-30(35)37/h9,11-14,18-19,21,28,36H,3-4,6-8,15-17,20,22H2,1-2H3,(H,33,37). The first-order valence-corrected chi connectivity index (χ1v) is 14.4. The fourth-order valence-corrected chi connectivity index (χ4v) is 4.98. The van der Waals surface area contributed by atoms with Crippen molar-refractivity contribution in [1.29, 1.82) is 0 Å². The van der Waals surface area contributed by atoms with Gasteiger partial charge in [-0.3, -0.25) is 9.55 Å². The van der Waals surface area contributed by atoms with Crippen LogP contribution < -0.4 is 10.4 Å². The van der Waals surface area contributed by atoms with E-state index in [1.807, 2.05) is 44.2 Å². The third-order valence-electron chi connectivity index (χ3n) is 7.18. The first-order valence-electron chi connectivity index (χ1n) is 14.4. The molecule has 1 atom stereocenters. The lowest BCUT2D eigenvalue weighted by molar-refractivity contribution is -0.180. The topological polar surface area (TPSA) is 115 Å². The molecule has 2 aliphatic rings. The number of aromatic amines is 1. The Bertz CT molecular complexity index is 1510. The van der Waals surface area contributed by atoms with Crippen molar-refractivity contribution < 1.29 is 28.8 Å². The number of carbonyl (C=O) groups excluding carboxylic acids is 1. The van der Waals surface area contributed by atoms with Crippen molar-refractivity contribution in [3.63, 3.8) is 0 Å². The summed E-state index contributed by atoms with van der Waals surface area (Å²) in [6.07, 6.45) is 5.31. The van der Waals surface area contributed by atoms with Crippen LogP contribution in [0.1, 0.15) is 68.7 Å². The van der Waals surface area contributed by atoms with Gasteiger partial charge in [-0.15, -0.1) is 0 Å². The molecule has 2 N–H and O–H groups in total. The Morgan fingerprint density at radius 3 is 2.79 bits per heavy atom. The number of nitrogens with one attached hydrogen (secondary N) is 1. The zero-order valence-electron chi connectivity index (χ0n) is 24.1. The van der Waals surface area contributed by atoms with E-state index in [1.165, 1.54) is 10.8 Å². The zero-order valence-corrected chi connectivity index (χ0v) is 24.1. The number of cyclic esters (lactones) is 1. The summed E-state index contributed by atoms with van der Waals surface area (Å²) in [4.78, 5) is 28.4. The van der Waals surface area contributed by atoms with Crippen molar-refractivity contribution in [3.05, 3.63) is 75.8 Å². The number of hydrogen-bond acceptors (Lipinski definition) is 7. The molecule has 2 aromatic carbocycles. The molecule has 10 nitrogen and oxygen atoms in total. The van der Waals surface area contributed by atoms with Gasteiger partial charge in [-0.2, -0.15) is 0 Å². The minimum absolute atomic E-state index is 0.183. The minimum Gasteiger partial charge on any atom is -0.493 e. The van der Waals surface area contributed by atoms with Crippen molar-refractivity contribution in [2.24, 2.45) is 0 Å². The van der Waals surface area contributed by atoms with Gasteiger partial charge in [0, 0.05) is 44.5 Å².